The highest BCUT2D eigenvalue weighted by Gasteiger charge is 2.10. The maximum atomic E-state index is 12.2. The van der Waals surface area contributed by atoms with Gasteiger partial charge < -0.3 is 9.64 Å². The quantitative estimate of drug-likeness (QED) is 0.737. The maximum Gasteiger partial charge on any atom is 0.269 e. The molecule has 0 radical (unpaired) electrons. The Morgan fingerprint density at radius 1 is 1.04 bits per heavy atom. The maximum absolute atomic E-state index is 12.2. The number of hydrogen-bond acceptors (Lipinski definition) is 4. The highest BCUT2D eigenvalue weighted by atomic mass is 35.5. The average Bonchev–Trinajstić information content (AvgIpc) is 2.66. The second kappa shape index (κ2) is 9.59. The summed E-state index contributed by atoms with van der Waals surface area (Å²) in [5.74, 6) is -0.678. The summed E-state index contributed by atoms with van der Waals surface area (Å²) in [6, 6.07) is 13.2. The lowest BCUT2D eigenvalue weighted by atomic mass is 10.1. The Kier molecular flexibility index (Phi) is 7.19. The zero-order valence-corrected chi connectivity index (χ0v) is 15.7. The van der Waals surface area contributed by atoms with Crippen molar-refractivity contribution < 1.29 is 19.1 Å². The van der Waals surface area contributed by atoms with Gasteiger partial charge in [-0.25, -0.2) is 0 Å². The number of rotatable bonds is 6. The lowest BCUT2D eigenvalue weighted by Crippen LogP contribution is -2.42. The molecule has 2 N–H and O–H groups in total. The monoisotopic (exact) mass is 389 g/mol. The van der Waals surface area contributed by atoms with Crippen LogP contribution in [0, 0.1) is 0 Å². The van der Waals surface area contributed by atoms with Gasteiger partial charge in [0.1, 0.15) is 5.75 Å². The van der Waals surface area contributed by atoms with Crippen LogP contribution in [0.4, 0.5) is 0 Å². The molecule has 0 aromatic heterocycles. The molecular formula is C19H20ClN3O4. The van der Waals surface area contributed by atoms with Crippen LogP contribution < -0.4 is 15.6 Å². The van der Waals surface area contributed by atoms with Gasteiger partial charge in [0.15, 0.2) is 6.61 Å². The van der Waals surface area contributed by atoms with Crippen LogP contribution in [-0.4, -0.2) is 43.3 Å². The number of nitrogens with zero attached hydrogens (tertiary/aromatic N) is 1. The van der Waals surface area contributed by atoms with Crippen LogP contribution in [0.1, 0.15) is 15.9 Å². The van der Waals surface area contributed by atoms with Gasteiger partial charge in [-0.2, -0.15) is 0 Å². The van der Waals surface area contributed by atoms with Crippen molar-refractivity contribution in [3.05, 3.63) is 64.7 Å². The molecule has 142 valence electrons. The zero-order chi connectivity index (χ0) is 19.8. The fourth-order valence-corrected chi connectivity index (χ4v) is 2.16. The summed E-state index contributed by atoms with van der Waals surface area (Å²) in [7, 11) is 3.25. The van der Waals surface area contributed by atoms with Gasteiger partial charge in [0.05, 0.1) is 6.42 Å². The summed E-state index contributed by atoms with van der Waals surface area (Å²) in [6.45, 7) is -0.129. The summed E-state index contributed by atoms with van der Waals surface area (Å²) >= 11 is 5.80. The van der Waals surface area contributed by atoms with Crippen LogP contribution in [0.5, 0.6) is 5.75 Å². The lowest BCUT2D eigenvalue weighted by molar-refractivity contribution is -0.130. The number of amides is 3. The smallest absolute Gasteiger partial charge is 0.269 e. The van der Waals surface area contributed by atoms with E-state index in [-0.39, 0.29) is 30.4 Å². The van der Waals surface area contributed by atoms with E-state index in [0.29, 0.717) is 10.8 Å². The third-order valence-corrected chi connectivity index (χ3v) is 3.80. The van der Waals surface area contributed by atoms with Gasteiger partial charge in [-0.15, -0.1) is 0 Å². The van der Waals surface area contributed by atoms with E-state index in [2.05, 4.69) is 10.9 Å². The molecule has 0 atom stereocenters. The molecule has 0 fully saturated rings. The van der Waals surface area contributed by atoms with E-state index in [0.717, 1.165) is 5.56 Å². The first-order valence-electron chi connectivity index (χ1n) is 8.12. The van der Waals surface area contributed by atoms with Crippen molar-refractivity contribution in [2.24, 2.45) is 0 Å². The van der Waals surface area contributed by atoms with E-state index in [4.69, 9.17) is 16.3 Å². The van der Waals surface area contributed by atoms with Crippen LogP contribution >= 0.6 is 11.6 Å². The Labute approximate surface area is 162 Å². The zero-order valence-electron chi connectivity index (χ0n) is 15.0. The van der Waals surface area contributed by atoms with Gasteiger partial charge in [-0.05, 0) is 35.9 Å². The first kappa shape index (κ1) is 20.3. The van der Waals surface area contributed by atoms with Crippen molar-refractivity contribution in [2.45, 2.75) is 6.42 Å². The molecule has 0 bridgehead atoms. The second-order valence-electron chi connectivity index (χ2n) is 5.91. The average molecular weight is 390 g/mol. The number of carbonyl (C=O) groups is 3. The molecule has 0 unspecified atom stereocenters. The van der Waals surface area contributed by atoms with E-state index < -0.39 is 5.91 Å². The predicted molar refractivity (Wildman–Crippen MR) is 101 cm³/mol. The Hall–Kier alpha value is -3.06. The first-order chi connectivity index (χ1) is 12.8. The molecule has 0 spiro atoms. The molecule has 8 heteroatoms. The third-order valence-electron chi connectivity index (χ3n) is 3.55. The molecule has 2 aromatic carbocycles. The standard InChI is InChI=1S/C19H20ClN3O4/c1-23(2)18(25)12-27-16-5-3-4-14(11-16)19(26)22-21-17(24)10-13-6-8-15(20)9-7-13/h3-9,11H,10,12H2,1-2H3,(H,21,24)(H,22,26). The second-order valence-corrected chi connectivity index (χ2v) is 6.35. The minimum absolute atomic E-state index is 0.104. The summed E-state index contributed by atoms with van der Waals surface area (Å²) in [5, 5.41) is 0.585. The van der Waals surface area contributed by atoms with Crippen LogP contribution in [0.2, 0.25) is 5.02 Å². The largest absolute Gasteiger partial charge is 0.484 e. The number of benzene rings is 2. The number of nitrogens with one attached hydrogen (secondary N) is 2. The highest BCUT2D eigenvalue weighted by Crippen LogP contribution is 2.13. The number of ether oxygens (including phenoxy) is 1. The van der Waals surface area contributed by atoms with E-state index in [1.807, 2.05) is 0 Å². The summed E-state index contributed by atoms with van der Waals surface area (Å²) in [4.78, 5) is 37.0. The van der Waals surface area contributed by atoms with Crippen LogP contribution in [0.15, 0.2) is 48.5 Å². The minimum atomic E-state index is -0.496. The Morgan fingerprint density at radius 3 is 2.41 bits per heavy atom. The lowest BCUT2D eigenvalue weighted by Gasteiger charge is -2.12. The predicted octanol–water partition coefficient (Wildman–Crippen LogP) is 1.81. The van der Waals surface area contributed by atoms with Gasteiger partial charge in [0.25, 0.3) is 11.8 Å². The molecule has 0 heterocycles. The Bertz CT molecular complexity index is 822. The first-order valence-corrected chi connectivity index (χ1v) is 8.49. The summed E-state index contributed by atoms with van der Waals surface area (Å²) in [6.07, 6.45) is 0.104. The fraction of sp³-hybridized carbons (Fsp3) is 0.211. The fourth-order valence-electron chi connectivity index (χ4n) is 2.03. The number of hydrazine groups is 1. The minimum Gasteiger partial charge on any atom is -0.484 e. The van der Waals surface area contributed by atoms with Gasteiger partial charge in [0.2, 0.25) is 5.91 Å². The molecule has 2 aromatic rings. The molecule has 0 saturated carbocycles. The van der Waals surface area contributed by atoms with E-state index >= 15 is 0 Å². The van der Waals surface area contributed by atoms with E-state index in [1.165, 1.54) is 11.0 Å². The molecule has 0 saturated heterocycles. The molecule has 0 aliphatic heterocycles. The van der Waals surface area contributed by atoms with Crippen molar-refractivity contribution in [3.63, 3.8) is 0 Å². The summed E-state index contributed by atoms with van der Waals surface area (Å²) < 4.78 is 5.36. The number of halogens is 1. The van der Waals surface area contributed by atoms with Crippen molar-refractivity contribution in [3.8, 4) is 5.75 Å². The van der Waals surface area contributed by atoms with Gasteiger partial charge in [-0.1, -0.05) is 29.8 Å². The van der Waals surface area contributed by atoms with Gasteiger partial charge in [-0.3, -0.25) is 25.2 Å². The molecule has 0 aliphatic carbocycles. The van der Waals surface area contributed by atoms with Crippen molar-refractivity contribution >= 4 is 29.3 Å². The number of likely N-dealkylation sites (N-methyl/N-ethyl adjacent to an activating group) is 1. The van der Waals surface area contributed by atoms with Gasteiger partial charge in [0, 0.05) is 24.7 Å². The van der Waals surface area contributed by atoms with Crippen molar-refractivity contribution in [1.29, 1.82) is 0 Å². The van der Waals surface area contributed by atoms with Crippen LogP contribution in [-0.2, 0) is 16.0 Å². The van der Waals surface area contributed by atoms with E-state index in [1.54, 1.807) is 56.6 Å². The highest BCUT2D eigenvalue weighted by molar-refractivity contribution is 6.30. The molecule has 3 amide bonds. The SMILES string of the molecule is CN(C)C(=O)COc1cccc(C(=O)NNC(=O)Cc2ccc(Cl)cc2)c1. The van der Waals surface area contributed by atoms with E-state index in [9.17, 15) is 14.4 Å². The van der Waals surface area contributed by atoms with Crippen molar-refractivity contribution in [2.75, 3.05) is 20.7 Å². The van der Waals surface area contributed by atoms with Crippen LogP contribution in [0.3, 0.4) is 0 Å². The topological polar surface area (TPSA) is 87.7 Å². The molecule has 0 aliphatic rings. The number of hydrogen-bond donors (Lipinski definition) is 2. The Morgan fingerprint density at radius 2 is 1.74 bits per heavy atom. The molecular weight excluding hydrogens is 370 g/mol. The van der Waals surface area contributed by atoms with Crippen LogP contribution in [0.25, 0.3) is 0 Å². The number of carbonyl (C=O) groups excluding carboxylic acids is 3. The van der Waals surface area contributed by atoms with Crippen molar-refractivity contribution in [1.82, 2.24) is 15.8 Å². The summed E-state index contributed by atoms with van der Waals surface area (Å²) in [5.41, 5.74) is 5.76. The molecule has 27 heavy (non-hydrogen) atoms. The molecule has 7 nitrogen and oxygen atoms in total. The van der Waals surface area contributed by atoms with Gasteiger partial charge >= 0.3 is 0 Å². The normalized spacial score (nSPS) is 10.0. The molecule has 2 rings (SSSR count). The Balaban J connectivity index is 1.86. The third kappa shape index (κ3) is 6.63.